The number of allylic oxidation sites excluding steroid dienone is 2. The monoisotopic (exact) mass is 167 g/mol. The molecule has 0 atom stereocenters. The number of esters is 1. The smallest absolute Gasteiger partial charge is 0.308 e. The number of ether oxygens (including phenoxy) is 1. The van der Waals surface area contributed by atoms with E-state index in [0.717, 1.165) is 19.3 Å². The minimum absolute atomic E-state index is 0.107. The molecule has 0 heterocycles. The van der Waals surface area contributed by atoms with E-state index in [0.29, 0.717) is 0 Å². The van der Waals surface area contributed by atoms with Gasteiger partial charge in [0.2, 0.25) is 5.76 Å². The van der Waals surface area contributed by atoms with E-state index in [1.807, 2.05) is 6.07 Å². The summed E-state index contributed by atoms with van der Waals surface area (Å²) < 4.78 is 4.61. The summed E-state index contributed by atoms with van der Waals surface area (Å²) in [4.78, 5) is 10.4. The summed E-state index contributed by atoms with van der Waals surface area (Å²) in [6, 6.07) is 1.81. The molecule has 0 bridgehead atoms. The maximum Gasteiger partial charge on any atom is 0.308 e. The van der Waals surface area contributed by atoms with Gasteiger partial charge in [-0.3, -0.25) is 4.79 Å². The van der Waals surface area contributed by atoms with Crippen molar-refractivity contribution in [3.63, 3.8) is 0 Å². The Morgan fingerprint density at radius 3 is 2.75 bits per heavy atom. The summed E-state index contributed by atoms with van der Waals surface area (Å²) in [6.45, 7) is 3.34. The second-order valence-corrected chi connectivity index (χ2v) is 2.42. The van der Waals surface area contributed by atoms with Crippen LogP contribution in [-0.4, -0.2) is 5.97 Å². The summed E-state index contributed by atoms with van der Waals surface area (Å²) in [5.74, 6) is -0.338. The zero-order valence-electron chi connectivity index (χ0n) is 7.46. The van der Waals surface area contributed by atoms with Crippen LogP contribution in [0.3, 0.4) is 0 Å². The van der Waals surface area contributed by atoms with E-state index in [1.165, 1.54) is 6.92 Å². The molecule has 0 aromatic carbocycles. The number of unbranched alkanes of at least 4 members (excludes halogenated alkanes) is 2. The molecule has 66 valence electrons. The van der Waals surface area contributed by atoms with Crippen LogP contribution < -0.4 is 0 Å². The molecule has 12 heavy (non-hydrogen) atoms. The first-order chi connectivity index (χ1) is 5.70. The largest absolute Gasteiger partial charge is 0.416 e. The van der Waals surface area contributed by atoms with Crippen LogP contribution in [0, 0.1) is 11.3 Å². The molecule has 0 unspecified atom stereocenters. The van der Waals surface area contributed by atoms with Crippen molar-refractivity contribution >= 4 is 5.97 Å². The van der Waals surface area contributed by atoms with Crippen molar-refractivity contribution in [1.82, 2.24) is 0 Å². The average molecular weight is 167 g/mol. The zero-order valence-corrected chi connectivity index (χ0v) is 7.46. The van der Waals surface area contributed by atoms with E-state index >= 15 is 0 Å². The third-order valence-electron chi connectivity index (χ3n) is 1.25. The molecular weight excluding hydrogens is 154 g/mol. The van der Waals surface area contributed by atoms with Crippen LogP contribution in [0.1, 0.15) is 33.1 Å². The Morgan fingerprint density at radius 1 is 1.67 bits per heavy atom. The van der Waals surface area contributed by atoms with Crippen LogP contribution in [0.25, 0.3) is 0 Å². The van der Waals surface area contributed by atoms with Crippen LogP contribution >= 0.6 is 0 Å². The fourth-order valence-corrected chi connectivity index (χ4v) is 0.702. The quantitative estimate of drug-likeness (QED) is 0.279. The fraction of sp³-hybridized carbons (Fsp3) is 0.556. The first kappa shape index (κ1) is 10.7. The molecule has 0 saturated heterocycles. The highest BCUT2D eigenvalue weighted by Crippen LogP contribution is 2.02. The Kier molecular flexibility index (Phi) is 5.72. The first-order valence-electron chi connectivity index (χ1n) is 3.99. The Hall–Kier alpha value is -1.30. The van der Waals surface area contributed by atoms with Crippen LogP contribution in [0.5, 0.6) is 0 Å². The number of hydrogen-bond acceptors (Lipinski definition) is 3. The Morgan fingerprint density at radius 2 is 2.33 bits per heavy atom. The van der Waals surface area contributed by atoms with Crippen LogP contribution in [0.2, 0.25) is 0 Å². The number of carbonyl (C=O) groups is 1. The lowest BCUT2D eigenvalue weighted by molar-refractivity contribution is -0.136. The zero-order chi connectivity index (χ0) is 9.40. The van der Waals surface area contributed by atoms with Crippen LogP contribution in [-0.2, 0) is 9.53 Å². The summed E-state index contributed by atoms with van der Waals surface area (Å²) in [6.07, 6.45) is 4.50. The van der Waals surface area contributed by atoms with Gasteiger partial charge in [-0.1, -0.05) is 13.3 Å². The van der Waals surface area contributed by atoms with Crippen molar-refractivity contribution in [2.24, 2.45) is 0 Å². The molecular formula is C9H13NO2. The topological polar surface area (TPSA) is 50.1 Å². The minimum Gasteiger partial charge on any atom is -0.416 e. The van der Waals surface area contributed by atoms with E-state index < -0.39 is 5.97 Å². The van der Waals surface area contributed by atoms with Gasteiger partial charge in [0.15, 0.2) is 0 Å². The third kappa shape index (κ3) is 5.48. The minimum atomic E-state index is -0.445. The number of rotatable bonds is 4. The van der Waals surface area contributed by atoms with Crippen LogP contribution in [0.15, 0.2) is 11.8 Å². The van der Waals surface area contributed by atoms with Gasteiger partial charge in [0.25, 0.3) is 0 Å². The van der Waals surface area contributed by atoms with E-state index in [-0.39, 0.29) is 5.76 Å². The van der Waals surface area contributed by atoms with Gasteiger partial charge in [-0.2, -0.15) is 5.26 Å². The first-order valence-corrected chi connectivity index (χ1v) is 3.99. The Labute approximate surface area is 72.6 Å². The highest BCUT2D eigenvalue weighted by atomic mass is 16.5. The molecule has 0 aliphatic heterocycles. The molecule has 0 fully saturated rings. The van der Waals surface area contributed by atoms with E-state index in [1.54, 1.807) is 6.08 Å². The molecule has 0 saturated carbocycles. The highest BCUT2D eigenvalue weighted by molar-refractivity contribution is 5.67. The fourth-order valence-electron chi connectivity index (χ4n) is 0.702. The van der Waals surface area contributed by atoms with Crippen LogP contribution in [0.4, 0.5) is 0 Å². The highest BCUT2D eigenvalue weighted by Gasteiger charge is 1.98. The SMILES string of the molecule is CCCC/C=C(\C#N)OC(C)=O. The lowest BCUT2D eigenvalue weighted by atomic mass is 10.2. The predicted octanol–water partition coefficient (Wildman–Crippen LogP) is 2.15. The molecule has 0 N–H and O–H groups in total. The van der Waals surface area contributed by atoms with Crippen molar-refractivity contribution < 1.29 is 9.53 Å². The van der Waals surface area contributed by atoms with Gasteiger partial charge >= 0.3 is 5.97 Å². The normalized spacial score (nSPS) is 10.6. The van der Waals surface area contributed by atoms with Crippen molar-refractivity contribution in [1.29, 1.82) is 5.26 Å². The molecule has 0 amide bonds. The summed E-state index contributed by atoms with van der Waals surface area (Å²) >= 11 is 0. The van der Waals surface area contributed by atoms with Gasteiger partial charge in [-0.25, -0.2) is 0 Å². The molecule has 0 radical (unpaired) electrons. The molecule has 0 aliphatic carbocycles. The van der Waals surface area contributed by atoms with E-state index in [9.17, 15) is 4.79 Å². The molecule has 0 spiro atoms. The Balaban J connectivity index is 3.89. The van der Waals surface area contributed by atoms with Crippen molar-refractivity contribution in [2.75, 3.05) is 0 Å². The average Bonchev–Trinajstić information content (AvgIpc) is 2.02. The second-order valence-electron chi connectivity index (χ2n) is 2.42. The van der Waals surface area contributed by atoms with Crippen molar-refractivity contribution in [3.05, 3.63) is 11.8 Å². The molecule has 0 rings (SSSR count). The van der Waals surface area contributed by atoms with Gasteiger partial charge in [0.1, 0.15) is 6.07 Å². The molecule has 0 aliphatic rings. The lowest BCUT2D eigenvalue weighted by Crippen LogP contribution is -1.96. The maximum absolute atomic E-state index is 10.4. The molecule has 3 nitrogen and oxygen atoms in total. The van der Waals surface area contributed by atoms with Gasteiger partial charge in [-0.05, 0) is 18.9 Å². The van der Waals surface area contributed by atoms with Gasteiger partial charge in [-0.15, -0.1) is 0 Å². The Bertz CT molecular complexity index is 213. The lowest BCUT2D eigenvalue weighted by Gasteiger charge is -1.96. The predicted molar refractivity (Wildman–Crippen MR) is 45.0 cm³/mol. The molecule has 3 heteroatoms. The number of carbonyl (C=O) groups excluding carboxylic acids is 1. The number of nitrogens with zero attached hydrogens (tertiary/aromatic N) is 1. The molecule has 0 aromatic heterocycles. The van der Waals surface area contributed by atoms with Gasteiger partial charge < -0.3 is 4.74 Å². The van der Waals surface area contributed by atoms with E-state index in [2.05, 4.69) is 11.7 Å². The number of hydrogen-bond donors (Lipinski definition) is 0. The summed E-state index contributed by atoms with van der Waals surface area (Å²) in [5.41, 5.74) is 0. The van der Waals surface area contributed by atoms with Crippen molar-refractivity contribution in [3.8, 4) is 6.07 Å². The second kappa shape index (κ2) is 6.41. The maximum atomic E-state index is 10.4. The molecule has 0 aromatic rings. The van der Waals surface area contributed by atoms with Gasteiger partial charge in [0, 0.05) is 6.92 Å². The van der Waals surface area contributed by atoms with Crippen molar-refractivity contribution in [2.45, 2.75) is 33.1 Å². The third-order valence-corrected chi connectivity index (χ3v) is 1.25. The van der Waals surface area contributed by atoms with Gasteiger partial charge in [0.05, 0.1) is 0 Å². The summed E-state index contributed by atoms with van der Waals surface area (Å²) in [7, 11) is 0. The standard InChI is InChI=1S/C9H13NO2/c1-3-4-5-6-9(7-10)12-8(2)11/h6H,3-5H2,1-2H3/b9-6+. The number of nitriles is 1. The summed E-state index contributed by atoms with van der Waals surface area (Å²) in [5, 5.41) is 8.48. The van der Waals surface area contributed by atoms with E-state index in [4.69, 9.17) is 5.26 Å².